The molecule has 0 radical (unpaired) electrons. The summed E-state index contributed by atoms with van der Waals surface area (Å²) in [5.74, 6) is -0.833. The number of carboxylic acids is 1. The van der Waals surface area contributed by atoms with Crippen molar-refractivity contribution in [2.45, 2.75) is 40.0 Å². The highest BCUT2D eigenvalue weighted by atomic mass is 32.1. The molecule has 27 heavy (non-hydrogen) atoms. The first kappa shape index (κ1) is 17.7. The zero-order valence-electron chi connectivity index (χ0n) is 15.6. The van der Waals surface area contributed by atoms with Gasteiger partial charge in [0, 0.05) is 30.4 Å². The van der Waals surface area contributed by atoms with E-state index in [0.717, 1.165) is 58.2 Å². The second-order valence-electron chi connectivity index (χ2n) is 6.68. The fraction of sp³-hybridized carbons (Fsp3) is 0.350. The maximum Gasteiger partial charge on any atom is 0.347 e. The van der Waals surface area contributed by atoms with Crippen LogP contribution in [0.4, 0.5) is 5.69 Å². The van der Waals surface area contributed by atoms with Crippen LogP contribution in [0, 0.1) is 0 Å². The highest BCUT2D eigenvalue weighted by Gasteiger charge is 2.25. The minimum Gasteiger partial charge on any atom is -0.477 e. The number of thiazole rings is 1. The zero-order chi connectivity index (χ0) is 19.3. The Balaban J connectivity index is 1.87. The van der Waals surface area contributed by atoms with Gasteiger partial charge >= 0.3 is 5.97 Å². The molecule has 140 valence electrons. The van der Waals surface area contributed by atoms with Crippen molar-refractivity contribution in [3.05, 3.63) is 40.0 Å². The molecule has 1 aliphatic heterocycles. The number of rotatable bonds is 4. The van der Waals surface area contributed by atoms with Crippen LogP contribution in [0.5, 0.6) is 0 Å². The van der Waals surface area contributed by atoms with Crippen LogP contribution in [-0.2, 0) is 24.1 Å². The maximum atomic E-state index is 11.8. The molecule has 3 aromatic rings. The highest BCUT2D eigenvalue weighted by molar-refractivity contribution is 7.19. The lowest BCUT2D eigenvalue weighted by Gasteiger charge is -2.14. The number of carboxylic acid groups (broad SMARTS) is 1. The number of fused-ring (bicyclic) bond motifs is 2. The van der Waals surface area contributed by atoms with E-state index in [1.807, 2.05) is 23.5 Å². The number of anilines is 1. The fourth-order valence-electron chi connectivity index (χ4n) is 3.95. The molecule has 7 heteroatoms. The van der Waals surface area contributed by atoms with Gasteiger partial charge in [-0.1, -0.05) is 31.3 Å². The highest BCUT2D eigenvalue weighted by Crippen LogP contribution is 2.36. The van der Waals surface area contributed by atoms with Gasteiger partial charge in [-0.2, -0.15) is 0 Å². The molecule has 0 spiro atoms. The van der Waals surface area contributed by atoms with Crippen molar-refractivity contribution in [3.8, 4) is 11.3 Å². The predicted molar refractivity (Wildman–Crippen MR) is 106 cm³/mol. The summed E-state index contributed by atoms with van der Waals surface area (Å²) in [7, 11) is 0. The molecule has 0 fully saturated rings. The van der Waals surface area contributed by atoms with Crippen LogP contribution >= 0.6 is 11.3 Å². The molecule has 1 aliphatic rings. The van der Waals surface area contributed by atoms with Gasteiger partial charge in [0.05, 0.1) is 11.4 Å². The van der Waals surface area contributed by atoms with Gasteiger partial charge in [-0.05, 0) is 37.0 Å². The molecule has 0 saturated heterocycles. The number of carbonyl (C=O) groups is 2. The predicted octanol–water partition coefficient (Wildman–Crippen LogP) is 3.79. The standard InChI is InChI=1S/C20H21N3O3S/c1-4-14-17(21-20-23(14)15(5-2)18(27-20)19(25)26)13-6-7-16-12(10-13)8-9-22(16)11(3)24/h6-7,10H,4-5,8-9H2,1-3H3,(H,25,26). The average Bonchev–Trinajstić information content (AvgIpc) is 3.31. The lowest BCUT2D eigenvalue weighted by molar-refractivity contribution is -0.116. The Morgan fingerprint density at radius 3 is 2.59 bits per heavy atom. The number of imidazole rings is 1. The van der Waals surface area contributed by atoms with Crippen LogP contribution < -0.4 is 4.90 Å². The van der Waals surface area contributed by atoms with Gasteiger partial charge in [0.25, 0.3) is 0 Å². The summed E-state index contributed by atoms with van der Waals surface area (Å²) < 4.78 is 2.01. The van der Waals surface area contributed by atoms with E-state index in [4.69, 9.17) is 4.98 Å². The van der Waals surface area contributed by atoms with Crippen molar-refractivity contribution in [2.75, 3.05) is 11.4 Å². The fourth-order valence-corrected chi connectivity index (χ4v) is 5.02. The van der Waals surface area contributed by atoms with Crippen molar-refractivity contribution >= 4 is 33.9 Å². The monoisotopic (exact) mass is 383 g/mol. The number of aromatic carboxylic acids is 1. The Hall–Kier alpha value is -2.67. The molecule has 0 aliphatic carbocycles. The van der Waals surface area contributed by atoms with Gasteiger partial charge in [-0.15, -0.1) is 0 Å². The van der Waals surface area contributed by atoms with E-state index in [9.17, 15) is 14.7 Å². The van der Waals surface area contributed by atoms with E-state index in [-0.39, 0.29) is 5.91 Å². The van der Waals surface area contributed by atoms with Gasteiger partial charge in [-0.3, -0.25) is 9.20 Å². The summed E-state index contributed by atoms with van der Waals surface area (Å²) in [5, 5.41) is 9.48. The van der Waals surface area contributed by atoms with E-state index in [2.05, 4.69) is 13.0 Å². The molecular weight excluding hydrogens is 362 g/mol. The molecule has 3 heterocycles. The number of carbonyl (C=O) groups excluding carboxylic acids is 1. The Morgan fingerprint density at radius 2 is 1.96 bits per heavy atom. The van der Waals surface area contributed by atoms with Crippen molar-refractivity contribution in [2.24, 2.45) is 0 Å². The number of aromatic nitrogens is 2. The minimum absolute atomic E-state index is 0.0621. The number of hydrogen-bond acceptors (Lipinski definition) is 4. The molecule has 0 unspecified atom stereocenters. The molecule has 1 amide bonds. The normalized spacial score (nSPS) is 13.4. The Bertz CT molecular complexity index is 1080. The van der Waals surface area contributed by atoms with Gasteiger partial charge in [0.2, 0.25) is 5.91 Å². The van der Waals surface area contributed by atoms with Crippen molar-refractivity contribution in [1.82, 2.24) is 9.38 Å². The number of aryl methyl sites for hydroxylation is 2. The number of nitrogens with zero attached hydrogens (tertiary/aromatic N) is 3. The Labute approximate surface area is 161 Å². The van der Waals surface area contributed by atoms with Crippen molar-refractivity contribution in [3.63, 3.8) is 0 Å². The topological polar surface area (TPSA) is 74.9 Å². The summed E-state index contributed by atoms with van der Waals surface area (Å²) in [6, 6.07) is 6.12. The Kier molecular flexibility index (Phi) is 4.26. The summed E-state index contributed by atoms with van der Waals surface area (Å²) in [5.41, 5.74) is 5.90. The van der Waals surface area contributed by atoms with Crippen molar-refractivity contribution in [1.29, 1.82) is 0 Å². The molecule has 0 bridgehead atoms. The van der Waals surface area contributed by atoms with Crippen LogP contribution in [0.25, 0.3) is 16.2 Å². The van der Waals surface area contributed by atoms with Gasteiger partial charge in [-0.25, -0.2) is 9.78 Å². The molecule has 1 aromatic carbocycles. The lowest BCUT2D eigenvalue weighted by atomic mass is 10.0. The third-order valence-corrected chi connectivity index (χ3v) is 6.23. The third kappa shape index (κ3) is 2.65. The lowest BCUT2D eigenvalue weighted by Crippen LogP contribution is -2.25. The third-order valence-electron chi connectivity index (χ3n) is 5.16. The quantitative estimate of drug-likeness (QED) is 0.744. The van der Waals surface area contributed by atoms with Gasteiger partial charge < -0.3 is 10.0 Å². The number of amides is 1. The smallest absolute Gasteiger partial charge is 0.347 e. The first-order valence-corrected chi connectivity index (χ1v) is 9.95. The van der Waals surface area contributed by atoms with E-state index >= 15 is 0 Å². The summed E-state index contributed by atoms with van der Waals surface area (Å²) in [6.45, 7) is 6.34. The molecule has 0 saturated carbocycles. The molecule has 4 rings (SSSR count). The minimum atomic E-state index is -0.896. The number of benzene rings is 1. The summed E-state index contributed by atoms with van der Waals surface area (Å²) in [6.07, 6.45) is 2.24. The Morgan fingerprint density at radius 1 is 1.22 bits per heavy atom. The van der Waals surface area contributed by atoms with E-state index in [1.54, 1.807) is 11.8 Å². The zero-order valence-corrected chi connectivity index (χ0v) is 16.4. The van der Waals surface area contributed by atoms with Gasteiger partial charge in [0.15, 0.2) is 4.96 Å². The second-order valence-corrected chi connectivity index (χ2v) is 7.66. The van der Waals surface area contributed by atoms with Gasteiger partial charge in [0.1, 0.15) is 4.88 Å². The maximum absolute atomic E-state index is 11.8. The van der Waals surface area contributed by atoms with Crippen LogP contribution in [0.15, 0.2) is 18.2 Å². The van der Waals surface area contributed by atoms with Crippen molar-refractivity contribution < 1.29 is 14.7 Å². The van der Waals surface area contributed by atoms with E-state index in [0.29, 0.717) is 11.3 Å². The number of hydrogen-bond donors (Lipinski definition) is 1. The summed E-state index contributed by atoms with van der Waals surface area (Å²) in [4.78, 5) is 31.0. The van der Waals surface area contributed by atoms with Crippen LogP contribution in [0.3, 0.4) is 0 Å². The van der Waals surface area contributed by atoms with Crippen LogP contribution in [0.1, 0.15) is 47.4 Å². The molecule has 2 aromatic heterocycles. The summed E-state index contributed by atoms with van der Waals surface area (Å²) >= 11 is 1.23. The molecule has 1 N–H and O–H groups in total. The van der Waals surface area contributed by atoms with E-state index < -0.39 is 5.97 Å². The molecular formula is C20H21N3O3S. The SMILES string of the molecule is CCc1c(-c2ccc3c(c2)CCN3C(C)=O)nc2sc(C(=O)O)c(CC)n12. The van der Waals surface area contributed by atoms with E-state index in [1.165, 1.54) is 11.3 Å². The molecule has 0 atom stereocenters. The second kappa shape index (κ2) is 6.49. The molecule has 6 nitrogen and oxygen atoms in total. The first-order valence-electron chi connectivity index (χ1n) is 9.13. The average molecular weight is 383 g/mol. The van der Waals surface area contributed by atoms with Crippen LogP contribution in [0.2, 0.25) is 0 Å². The van der Waals surface area contributed by atoms with Crippen LogP contribution in [-0.4, -0.2) is 32.9 Å². The first-order chi connectivity index (χ1) is 13.0. The largest absolute Gasteiger partial charge is 0.477 e.